The van der Waals surface area contributed by atoms with Crippen LogP contribution in [0, 0.1) is 0 Å². The van der Waals surface area contributed by atoms with E-state index >= 15 is 0 Å². The van der Waals surface area contributed by atoms with Crippen LogP contribution in [0.15, 0.2) is 78.9 Å². The van der Waals surface area contributed by atoms with Crippen LogP contribution in [-0.2, 0) is 11.3 Å². The molecule has 0 aliphatic rings. The zero-order chi connectivity index (χ0) is 19.1. The van der Waals surface area contributed by atoms with Crippen molar-refractivity contribution in [2.24, 2.45) is 0 Å². The maximum absolute atomic E-state index is 12.9. The van der Waals surface area contributed by atoms with Gasteiger partial charge in [0.2, 0.25) is 0 Å². The van der Waals surface area contributed by atoms with Crippen molar-refractivity contribution in [2.45, 2.75) is 6.54 Å². The highest BCUT2D eigenvalue weighted by atomic mass is 16.5. The standard InChI is InChI=1S/C22H21NO4/c1-26-19-13-11-18(12-14-19)23(15-17-7-5-6-10-21(17)24)22(25)16-27-20-8-3-2-4-9-20/h2-14,24H,15-16H2,1H3. The van der Waals surface area contributed by atoms with Crippen LogP contribution in [0.2, 0.25) is 0 Å². The van der Waals surface area contributed by atoms with Crippen LogP contribution in [0.4, 0.5) is 5.69 Å². The molecular formula is C22H21NO4. The van der Waals surface area contributed by atoms with Crippen molar-refractivity contribution < 1.29 is 19.4 Å². The Morgan fingerprint density at radius 2 is 1.56 bits per heavy atom. The number of amides is 1. The molecule has 0 aromatic heterocycles. The summed E-state index contributed by atoms with van der Waals surface area (Å²) in [5.41, 5.74) is 1.35. The zero-order valence-electron chi connectivity index (χ0n) is 15.0. The summed E-state index contributed by atoms with van der Waals surface area (Å²) in [6.45, 7) is 0.125. The van der Waals surface area contributed by atoms with Crippen LogP contribution >= 0.6 is 0 Å². The van der Waals surface area contributed by atoms with Crippen LogP contribution in [-0.4, -0.2) is 24.7 Å². The third kappa shape index (κ3) is 4.79. The number of anilines is 1. The number of carbonyl (C=O) groups is 1. The quantitative estimate of drug-likeness (QED) is 0.689. The van der Waals surface area contributed by atoms with E-state index in [0.717, 1.165) is 0 Å². The molecule has 5 heteroatoms. The van der Waals surface area contributed by atoms with Crippen LogP contribution in [0.25, 0.3) is 0 Å². The normalized spacial score (nSPS) is 10.3. The molecule has 0 aliphatic carbocycles. The number of ether oxygens (including phenoxy) is 2. The molecule has 5 nitrogen and oxygen atoms in total. The van der Waals surface area contributed by atoms with E-state index in [1.54, 1.807) is 66.6 Å². The molecule has 27 heavy (non-hydrogen) atoms. The lowest BCUT2D eigenvalue weighted by atomic mass is 10.1. The van der Waals surface area contributed by atoms with Gasteiger partial charge in [-0.25, -0.2) is 0 Å². The number of phenolic OH excluding ortho intramolecular Hbond substituents is 1. The lowest BCUT2D eigenvalue weighted by Gasteiger charge is -2.24. The summed E-state index contributed by atoms with van der Waals surface area (Å²) >= 11 is 0. The monoisotopic (exact) mass is 363 g/mol. The minimum atomic E-state index is -0.215. The van der Waals surface area contributed by atoms with Crippen LogP contribution in [0.1, 0.15) is 5.56 Å². The summed E-state index contributed by atoms with van der Waals surface area (Å²) in [7, 11) is 1.59. The fraction of sp³-hybridized carbons (Fsp3) is 0.136. The number of benzene rings is 3. The molecule has 0 radical (unpaired) electrons. The van der Waals surface area contributed by atoms with E-state index in [4.69, 9.17) is 9.47 Å². The van der Waals surface area contributed by atoms with Gasteiger partial charge in [0.1, 0.15) is 17.2 Å². The maximum Gasteiger partial charge on any atom is 0.265 e. The Bertz CT molecular complexity index is 878. The first-order valence-corrected chi connectivity index (χ1v) is 8.56. The maximum atomic E-state index is 12.9. The Labute approximate surface area is 158 Å². The molecule has 1 N–H and O–H groups in total. The molecule has 0 atom stereocenters. The molecule has 138 valence electrons. The second-order valence-corrected chi connectivity index (χ2v) is 5.91. The molecule has 0 saturated heterocycles. The second-order valence-electron chi connectivity index (χ2n) is 5.91. The van der Waals surface area contributed by atoms with Gasteiger partial charge in [0.25, 0.3) is 5.91 Å². The predicted octanol–water partition coefficient (Wildman–Crippen LogP) is 4.01. The first-order valence-electron chi connectivity index (χ1n) is 8.56. The minimum Gasteiger partial charge on any atom is -0.508 e. The number of aromatic hydroxyl groups is 1. The van der Waals surface area contributed by atoms with Gasteiger partial charge in [0.05, 0.1) is 13.7 Å². The number of hydrogen-bond donors (Lipinski definition) is 1. The summed E-state index contributed by atoms with van der Waals surface area (Å²) in [5.74, 6) is 1.26. The molecule has 0 heterocycles. The summed E-state index contributed by atoms with van der Waals surface area (Å²) in [5, 5.41) is 10.1. The molecule has 3 aromatic rings. The van der Waals surface area contributed by atoms with Gasteiger partial charge < -0.3 is 19.5 Å². The first-order chi connectivity index (χ1) is 13.2. The zero-order valence-corrected chi connectivity index (χ0v) is 15.0. The number of hydrogen-bond acceptors (Lipinski definition) is 4. The van der Waals surface area contributed by atoms with E-state index in [1.807, 2.05) is 24.3 Å². The lowest BCUT2D eigenvalue weighted by molar-refractivity contribution is -0.120. The molecule has 0 unspecified atom stereocenters. The molecule has 0 fully saturated rings. The molecular weight excluding hydrogens is 342 g/mol. The van der Waals surface area contributed by atoms with Crippen LogP contribution in [0.3, 0.4) is 0 Å². The van der Waals surface area contributed by atoms with Crippen molar-refractivity contribution in [1.82, 2.24) is 0 Å². The Kier molecular flexibility index (Phi) is 5.94. The van der Waals surface area contributed by atoms with Gasteiger partial charge in [-0.15, -0.1) is 0 Å². The van der Waals surface area contributed by atoms with Gasteiger partial charge >= 0.3 is 0 Å². The highest BCUT2D eigenvalue weighted by Crippen LogP contribution is 2.25. The van der Waals surface area contributed by atoms with Crippen molar-refractivity contribution in [2.75, 3.05) is 18.6 Å². The predicted molar refractivity (Wildman–Crippen MR) is 104 cm³/mol. The number of rotatable bonds is 7. The lowest BCUT2D eigenvalue weighted by Crippen LogP contribution is -2.34. The molecule has 0 spiro atoms. The van der Waals surface area contributed by atoms with Gasteiger partial charge in [-0.05, 0) is 42.5 Å². The van der Waals surface area contributed by atoms with E-state index in [0.29, 0.717) is 22.7 Å². The summed E-state index contributed by atoms with van der Waals surface area (Å²) in [4.78, 5) is 14.5. The Hall–Kier alpha value is -3.47. The summed E-state index contributed by atoms with van der Waals surface area (Å²) in [6.07, 6.45) is 0. The van der Waals surface area contributed by atoms with E-state index in [1.165, 1.54) is 0 Å². The Balaban J connectivity index is 1.81. The van der Waals surface area contributed by atoms with Crippen LogP contribution in [0.5, 0.6) is 17.2 Å². The number of para-hydroxylation sites is 2. The fourth-order valence-electron chi connectivity index (χ4n) is 2.64. The summed E-state index contributed by atoms with van der Waals surface area (Å²) < 4.78 is 10.8. The van der Waals surface area contributed by atoms with Gasteiger partial charge in [-0.2, -0.15) is 0 Å². The highest BCUT2D eigenvalue weighted by molar-refractivity contribution is 5.94. The van der Waals surface area contributed by atoms with E-state index in [9.17, 15) is 9.90 Å². The number of methoxy groups -OCH3 is 1. The third-order valence-electron chi connectivity index (χ3n) is 4.11. The van der Waals surface area contributed by atoms with E-state index < -0.39 is 0 Å². The van der Waals surface area contributed by atoms with Crippen molar-refractivity contribution in [1.29, 1.82) is 0 Å². The molecule has 0 aliphatic heterocycles. The summed E-state index contributed by atoms with van der Waals surface area (Å²) in [6, 6.07) is 23.3. The number of phenols is 1. The topological polar surface area (TPSA) is 59.0 Å². The van der Waals surface area contributed by atoms with E-state index in [-0.39, 0.29) is 24.8 Å². The first kappa shape index (κ1) is 18.3. The molecule has 3 rings (SSSR count). The number of nitrogens with zero attached hydrogens (tertiary/aromatic N) is 1. The highest BCUT2D eigenvalue weighted by Gasteiger charge is 2.18. The Morgan fingerprint density at radius 3 is 2.22 bits per heavy atom. The molecule has 0 bridgehead atoms. The van der Waals surface area contributed by atoms with Crippen LogP contribution < -0.4 is 14.4 Å². The van der Waals surface area contributed by atoms with Crippen molar-refractivity contribution in [3.05, 3.63) is 84.4 Å². The van der Waals surface area contributed by atoms with Gasteiger partial charge in [0.15, 0.2) is 6.61 Å². The van der Waals surface area contributed by atoms with Crippen molar-refractivity contribution >= 4 is 11.6 Å². The molecule has 1 amide bonds. The van der Waals surface area contributed by atoms with Crippen molar-refractivity contribution in [3.63, 3.8) is 0 Å². The second kappa shape index (κ2) is 8.76. The Morgan fingerprint density at radius 1 is 0.889 bits per heavy atom. The minimum absolute atomic E-state index is 0.108. The van der Waals surface area contributed by atoms with Gasteiger partial charge in [0, 0.05) is 11.3 Å². The molecule has 0 saturated carbocycles. The van der Waals surface area contributed by atoms with Gasteiger partial charge in [-0.3, -0.25) is 4.79 Å². The largest absolute Gasteiger partial charge is 0.508 e. The van der Waals surface area contributed by atoms with Crippen molar-refractivity contribution in [3.8, 4) is 17.2 Å². The smallest absolute Gasteiger partial charge is 0.265 e. The third-order valence-corrected chi connectivity index (χ3v) is 4.11. The average Bonchev–Trinajstić information content (AvgIpc) is 2.72. The SMILES string of the molecule is COc1ccc(N(Cc2ccccc2O)C(=O)COc2ccccc2)cc1. The van der Waals surface area contributed by atoms with E-state index in [2.05, 4.69) is 0 Å². The fourth-order valence-corrected chi connectivity index (χ4v) is 2.64. The van der Waals surface area contributed by atoms with Gasteiger partial charge in [-0.1, -0.05) is 36.4 Å². The number of carbonyl (C=O) groups excluding carboxylic acids is 1. The average molecular weight is 363 g/mol. The molecule has 3 aromatic carbocycles.